The SMILES string of the molecule is COc1ccc(N=NC=C2C=C(C)C(=O)C(C)=C2)cc1. The molecule has 4 heteroatoms. The van der Waals surface area contributed by atoms with Crippen LogP contribution in [-0.4, -0.2) is 12.9 Å². The monoisotopic (exact) mass is 268 g/mol. The molecule has 0 aromatic heterocycles. The lowest BCUT2D eigenvalue weighted by Crippen LogP contribution is -2.05. The summed E-state index contributed by atoms with van der Waals surface area (Å²) in [5, 5.41) is 8.13. The van der Waals surface area contributed by atoms with Gasteiger partial charge in [0.15, 0.2) is 5.78 Å². The molecule has 0 N–H and O–H groups in total. The highest BCUT2D eigenvalue weighted by Crippen LogP contribution is 2.20. The van der Waals surface area contributed by atoms with E-state index in [1.54, 1.807) is 27.2 Å². The summed E-state index contributed by atoms with van der Waals surface area (Å²) in [5.74, 6) is 0.861. The van der Waals surface area contributed by atoms with Crippen LogP contribution in [0, 0.1) is 0 Å². The number of ether oxygens (including phenoxy) is 1. The van der Waals surface area contributed by atoms with Gasteiger partial charge in [-0.1, -0.05) is 0 Å². The number of carbonyl (C=O) groups is 1. The van der Waals surface area contributed by atoms with Gasteiger partial charge in [0.05, 0.1) is 19.0 Å². The highest BCUT2D eigenvalue weighted by Gasteiger charge is 2.12. The van der Waals surface area contributed by atoms with E-state index >= 15 is 0 Å². The van der Waals surface area contributed by atoms with Gasteiger partial charge < -0.3 is 4.74 Å². The molecular weight excluding hydrogens is 252 g/mol. The van der Waals surface area contributed by atoms with Crippen molar-refractivity contribution in [2.45, 2.75) is 13.8 Å². The standard InChI is InChI=1S/C16H16N2O2/c1-11-8-13(9-12(2)16(11)19)10-17-18-14-4-6-15(20-3)7-5-14/h4-10H,1-3H3. The van der Waals surface area contributed by atoms with E-state index in [9.17, 15) is 4.79 Å². The van der Waals surface area contributed by atoms with Gasteiger partial charge in [0.1, 0.15) is 5.75 Å². The largest absolute Gasteiger partial charge is 0.497 e. The number of rotatable bonds is 3. The Balaban J connectivity index is 2.12. The molecule has 2 rings (SSSR count). The summed E-state index contributed by atoms with van der Waals surface area (Å²) < 4.78 is 5.07. The van der Waals surface area contributed by atoms with Gasteiger partial charge in [0.2, 0.25) is 0 Å². The highest BCUT2D eigenvalue weighted by atomic mass is 16.5. The lowest BCUT2D eigenvalue weighted by atomic mass is 9.96. The first-order valence-electron chi connectivity index (χ1n) is 6.26. The number of benzene rings is 1. The predicted molar refractivity (Wildman–Crippen MR) is 78.1 cm³/mol. The van der Waals surface area contributed by atoms with E-state index in [0.29, 0.717) is 0 Å². The summed E-state index contributed by atoms with van der Waals surface area (Å²) in [5.41, 5.74) is 3.06. The number of Topliss-reactive ketones (excluding diaryl/α,β-unsaturated/α-hetero) is 1. The number of ketones is 1. The topological polar surface area (TPSA) is 51.0 Å². The Kier molecular flexibility index (Phi) is 4.25. The number of hydrogen-bond acceptors (Lipinski definition) is 4. The van der Waals surface area contributed by atoms with Gasteiger partial charge in [-0.25, -0.2) is 0 Å². The van der Waals surface area contributed by atoms with Crippen LogP contribution >= 0.6 is 0 Å². The minimum atomic E-state index is 0.0780. The van der Waals surface area contributed by atoms with Crippen molar-refractivity contribution in [1.29, 1.82) is 0 Å². The molecule has 0 atom stereocenters. The maximum absolute atomic E-state index is 11.6. The van der Waals surface area contributed by atoms with Gasteiger partial charge in [-0.2, -0.15) is 10.2 Å². The van der Waals surface area contributed by atoms with Gasteiger partial charge in [-0.15, -0.1) is 0 Å². The molecule has 1 aliphatic rings. The minimum Gasteiger partial charge on any atom is -0.497 e. The summed E-state index contributed by atoms with van der Waals surface area (Å²) in [6, 6.07) is 7.31. The highest BCUT2D eigenvalue weighted by molar-refractivity contribution is 6.09. The van der Waals surface area contributed by atoms with E-state index in [2.05, 4.69) is 10.2 Å². The second kappa shape index (κ2) is 6.10. The maximum atomic E-state index is 11.6. The Hall–Kier alpha value is -2.49. The summed E-state index contributed by atoms with van der Waals surface area (Å²) >= 11 is 0. The molecule has 0 heterocycles. The number of carbonyl (C=O) groups excluding carboxylic acids is 1. The molecule has 0 fully saturated rings. The van der Waals surface area contributed by atoms with Crippen LogP contribution in [0.15, 0.2) is 69.6 Å². The number of hydrogen-bond donors (Lipinski definition) is 0. The third-order valence-corrected chi connectivity index (χ3v) is 2.94. The Bertz CT molecular complexity index is 611. The van der Waals surface area contributed by atoms with Crippen LogP contribution in [0.1, 0.15) is 13.8 Å². The molecule has 1 aromatic carbocycles. The smallest absolute Gasteiger partial charge is 0.184 e. The van der Waals surface area contributed by atoms with Crippen molar-refractivity contribution in [2.24, 2.45) is 10.2 Å². The molecule has 0 saturated carbocycles. The first-order valence-corrected chi connectivity index (χ1v) is 6.26. The van der Waals surface area contributed by atoms with Crippen molar-refractivity contribution in [3.8, 4) is 5.75 Å². The van der Waals surface area contributed by atoms with Gasteiger partial charge in [-0.05, 0) is 67.0 Å². The molecular formula is C16H16N2O2. The van der Waals surface area contributed by atoms with Crippen LogP contribution < -0.4 is 4.74 Å². The van der Waals surface area contributed by atoms with Crippen LogP contribution in [0.25, 0.3) is 0 Å². The number of allylic oxidation sites excluding steroid dienone is 5. The van der Waals surface area contributed by atoms with Crippen molar-refractivity contribution >= 4 is 11.5 Å². The first kappa shape index (κ1) is 13.9. The van der Waals surface area contributed by atoms with Crippen LogP contribution in [0.4, 0.5) is 5.69 Å². The zero-order valence-electron chi connectivity index (χ0n) is 11.8. The Labute approximate surface area is 118 Å². The Morgan fingerprint density at radius 2 is 1.65 bits per heavy atom. The second-order valence-corrected chi connectivity index (χ2v) is 4.53. The molecule has 1 aromatic rings. The first-order chi connectivity index (χ1) is 9.60. The molecule has 20 heavy (non-hydrogen) atoms. The molecule has 0 spiro atoms. The average Bonchev–Trinajstić information content (AvgIpc) is 2.45. The average molecular weight is 268 g/mol. The van der Waals surface area contributed by atoms with Gasteiger partial charge in [-0.3, -0.25) is 4.79 Å². The van der Waals surface area contributed by atoms with E-state index in [4.69, 9.17) is 4.74 Å². The normalized spacial score (nSPS) is 15.2. The van der Waals surface area contributed by atoms with Gasteiger partial charge in [0, 0.05) is 0 Å². The fourth-order valence-corrected chi connectivity index (χ4v) is 1.87. The van der Waals surface area contributed by atoms with E-state index in [1.807, 2.05) is 36.4 Å². The predicted octanol–water partition coefficient (Wildman–Crippen LogP) is 4.14. The van der Waals surface area contributed by atoms with E-state index in [0.717, 1.165) is 28.2 Å². The van der Waals surface area contributed by atoms with Crippen molar-refractivity contribution in [1.82, 2.24) is 0 Å². The molecule has 4 nitrogen and oxygen atoms in total. The summed E-state index contributed by atoms with van der Waals surface area (Å²) in [6.45, 7) is 3.60. The molecule has 0 saturated heterocycles. The quantitative estimate of drug-likeness (QED) is 0.773. The Morgan fingerprint density at radius 3 is 2.20 bits per heavy atom. The van der Waals surface area contributed by atoms with Crippen molar-refractivity contribution in [3.63, 3.8) is 0 Å². The van der Waals surface area contributed by atoms with Gasteiger partial charge >= 0.3 is 0 Å². The fourth-order valence-electron chi connectivity index (χ4n) is 1.87. The number of azo groups is 1. The molecule has 0 amide bonds. The molecule has 1 aliphatic carbocycles. The van der Waals surface area contributed by atoms with Crippen molar-refractivity contribution < 1.29 is 9.53 Å². The third kappa shape index (κ3) is 3.29. The van der Waals surface area contributed by atoms with Crippen molar-refractivity contribution in [2.75, 3.05) is 7.11 Å². The van der Waals surface area contributed by atoms with Crippen LogP contribution in [0.5, 0.6) is 5.75 Å². The van der Waals surface area contributed by atoms with E-state index in [-0.39, 0.29) is 5.78 Å². The second-order valence-electron chi connectivity index (χ2n) is 4.53. The molecule has 0 unspecified atom stereocenters. The Morgan fingerprint density at radius 1 is 1.05 bits per heavy atom. The third-order valence-electron chi connectivity index (χ3n) is 2.94. The van der Waals surface area contributed by atoms with E-state index in [1.165, 1.54) is 0 Å². The van der Waals surface area contributed by atoms with Crippen LogP contribution in [0.3, 0.4) is 0 Å². The molecule has 0 aliphatic heterocycles. The zero-order valence-corrected chi connectivity index (χ0v) is 11.8. The number of nitrogens with zero attached hydrogens (tertiary/aromatic N) is 2. The van der Waals surface area contributed by atoms with Gasteiger partial charge in [0.25, 0.3) is 0 Å². The zero-order chi connectivity index (χ0) is 14.5. The fraction of sp³-hybridized carbons (Fsp3) is 0.188. The summed E-state index contributed by atoms with van der Waals surface area (Å²) in [4.78, 5) is 11.6. The lowest BCUT2D eigenvalue weighted by molar-refractivity contribution is -0.112. The number of methoxy groups -OCH3 is 1. The minimum absolute atomic E-state index is 0.0780. The molecule has 102 valence electrons. The van der Waals surface area contributed by atoms with Crippen LogP contribution in [-0.2, 0) is 4.79 Å². The van der Waals surface area contributed by atoms with Crippen LogP contribution in [0.2, 0.25) is 0 Å². The lowest BCUT2D eigenvalue weighted by Gasteiger charge is -2.07. The molecule has 0 bridgehead atoms. The maximum Gasteiger partial charge on any atom is 0.184 e. The van der Waals surface area contributed by atoms with Crippen molar-refractivity contribution in [3.05, 3.63) is 59.3 Å². The molecule has 0 radical (unpaired) electrons. The summed E-state index contributed by atoms with van der Waals surface area (Å²) in [6.07, 6.45) is 5.26. The van der Waals surface area contributed by atoms with E-state index < -0.39 is 0 Å². The summed E-state index contributed by atoms with van der Waals surface area (Å²) in [7, 11) is 1.62.